The van der Waals surface area contributed by atoms with Crippen LogP contribution in [0.25, 0.3) is 0 Å². The van der Waals surface area contributed by atoms with Gasteiger partial charge in [0.1, 0.15) is 10.6 Å². The number of thioether (sulfide) groups is 1. The van der Waals surface area contributed by atoms with Crippen molar-refractivity contribution in [3.8, 4) is 6.07 Å². The van der Waals surface area contributed by atoms with Gasteiger partial charge in [-0.15, -0.1) is 11.8 Å². The number of aromatic nitrogens is 2. The maximum absolute atomic E-state index is 8.98. The van der Waals surface area contributed by atoms with Gasteiger partial charge in [-0.05, 0) is 39.0 Å². The van der Waals surface area contributed by atoms with Crippen molar-refractivity contribution in [2.24, 2.45) is 0 Å². The first kappa shape index (κ1) is 13.9. The lowest BCUT2D eigenvalue weighted by molar-refractivity contribution is 0.439. The normalized spacial score (nSPS) is 13.9. The molecule has 0 aromatic carbocycles. The molecule has 0 bridgehead atoms. The molecule has 1 N–H and O–H groups in total. The van der Waals surface area contributed by atoms with E-state index in [4.69, 9.17) is 5.26 Å². The monoisotopic (exact) mass is 250 g/mol. The Labute approximate surface area is 107 Å². The van der Waals surface area contributed by atoms with Crippen molar-refractivity contribution in [2.75, 3.05) is 12.8 Å². The minimum Gasteiger partial charge on any atom is -0.303 e. The van der Waals surface area contributed by atoms with Crippen molar-refractivity contribution in [3.05, 3.63) is 18.6 Å². The number of nitrogens with one attached hydrogen (secondary N) is 1. The molecular weight excluding hydrogens is 232 g/mol. The van der Waals surface area contributed by atoms with Crippen molar-refractivity contribution < 1.29 is 0 Å². The Bertz CT molecular complexity index is 363. The summed E-state index contributed by atoms with van der Waals surface area (Å²) in [7, 11) is 1.83. The fourth-order valence-electron chi connectivity index (χ4n) is 1.35. The van der Waals surface area contributed by atoms with Crippen LogP contribution in [0.2, 0.25) is 0 Å². The van der Waals surface area contributed by atoms with Gasteiger partial charge in [0.05, 0.1) is 12.3 Å². The summed E-state index contributed by atoms with van der Waals surface area (Å²) in [5.41, 5.74) is -0.392. The summed E-state index contributed by atoms with van der Waals surface area (Å²) in [6, 6.07) is 2.30. The zero-order chi connectivity index (χ0) is 12.6. The van der Waals surface area contributed by atoms with Gasteiger partial charge in [0.2, 0.25) is 0 Å². The summed E-state index contributed by atoms with van der Waals surface area (Å²) in [4.78, 5) is 8.21. The van der Waals surface area contributed by atoms with E-state index in [2.05, 4.69) is 21.4 Å². The Morgan fingerprint density at radius 3 is 2.88 bits per heavy atom. The second-order valence-electron chi connectivity index (χ2n) is 4.04. The first-order valence-electron chi connectivity index (χ1n) is 5.69. The molecule has 92 valence electrons. The lowest BCUT2D eigenvalue weighted by Crippen LogP contribution is -2.37. The maximum Gasteiger partial charge on any atom is 0.114 e. The van der Waals surface area contributed by atoms with E-state index in [1.54, 1.807) is 30.4 Å². The third-order valence-electron chi connectivity index (χ3n) is 2.66. The number of unbranched alkanes of at least 4 members (excludes halogenated alkanes) is 1. The van der Waals surface area contributed by atoms with E-state index in [-0.39, 0.29) is 0 Å². The molecule has 1 unspecified atom stereocenters. The number of rotatable bonds is 7. The minimum absolute atomic E-state index is 0.392. The van der Waals surface area contributed by atoms with Crippen molar-refractivity contribution in [2.45, 2.75) is 36.8 Å². The minimum atomic E-state index is -0.392. The summed E-state index contributed by atoms with van der Waals surface area (Å²) < 4.78 is 0. The average molecular weight is 250 g/mol. The maximum atomic E-state index is 8.98. The van der Waals surface area contributed by atoms with E-state index in [0.29, 0.717) is 0 Å². The smallest absolute Gasteiger partial charge is 0.114 e. The van der Waals surface area contributed by atoms with E-state index in [0.717, 1.165) is 30.0 Å². The van der Waals surface area contributed by atoms with E-state index >= 15 is 0 Å². The van der Waals surface area contributed by atoms with Gasteiger partial charge in [-0.2, -0.15) is 5.26 Å². The molecule has 0 saturated heterocycles. The predicted molar refractivity (Wildman–Crippen MR) is 69.7 cm³/mol. The molecule has 0 aliphatic rings. The molecule has 1 aromatic rings. The zero-order valence-corrected chi connectivity index (χ0v) is 11.1. The van der Waals surface area contributed by atoms with Crippen LogP contribution < -0.4 is 5.32 Å². The lowest BCUT2D eigenvalue weighted by Gasteiger charge is -2.20. The molecule has 5 heteroatoms. The second kappa shape index (κ2) is 7.25. The van der Waals surface area contributed by atoms with Gasteiger partial charge >= 0.3 is 0 Å². The van der Waals surface area contributed by atoms with Crippen LogP contribution in [0, 0.1) is 11.3 Å². The van der Waals surface area contributed by atoms with Crippen LogP contribution in [0.1, 0.15) is 26.2 Å². The van der Waals surface area contributed by atoms with E-state index in [1.165, 1.54) is 0 Å². The van der Waals surface area contributed by atoms with Crippen LogP contribution >= 0.6 is 11.8 Å². The highest BCUT2D eigenvalue weighted by atomic mass is 32.2. The number of nitriles is 1. The standard InChI is InChI=1S/C12H18N4S/c1-12(10-13,14-2)5-3-4-8-17-11-9-15-6-7-16-11/h6-7,9,14H,3-5,8H2,1-2H3. The van der Waals surface area contributed by atoms with Crippen molar-refractivity contribution in [1.82, 2.24) is 15.3 Å². The summed E-state index contributed by atoms with van der Waals surface area (Å²) >= 11 is 1.71. The van der Waals surface area contributed by atoms with Gasteiger partial charge < -0.3 is 5.32 Å². The first-order valence-corrected chi connectivity index (χ1v) is 6.68. The molecular formula is C12H18N4S. The van der Waals surface area contributed by atoms with Gasteiger partial charge in [-0.1, -0.05) is 0 Å². The van der Waals surface area contributed by atoms with Crippen LogP contribution in [0.15, 0.2) is 23.6 Å². The third kappa shape index (κ3) is 5.16. The highest BCUT2D eigenvalue weighted by Gasteiger charge is 2.19. The summed E-state index contributed by atoms with van der Waals surface area (Å²) in [5, 5.41) is 13.0. The molecule has 0 spiro atoms. The lowest BCUT2D eigenvalue weighted by atomic mass is 9.97. The molecule has 4 nitrogen and oxygen atoms in total. The fourth-order valence-corrected chi connectivity index (χ4v) is 2.18. The molecule has 0 radical (unpaired) electrons. The Balaban J connectivity index is 2.16. The van der Waals surface area contributed by atoms with Crippen LogP contribution in [-0.2, 0) is 0 Å². The summed E-state index contributed by atoms with van der Waals surface area (Å²) in [6.07, 6.45) is 8.16. The first-order chi connectivity index (χ1) is 8.20. The van der Waals surface area contributed by atoms with Gasteiger partial charge in [0, 0.05) is 12.4 Å². The molecule has 17 heavy (non-hydrogen) atoms. The van der Waals surface area contributed by atoms with Crippen LogP contribution in [0.4, 0.5) is 0 Å². The molecule has 0 saturated carbocycles. The van der Waals surface area contributed by atoms with E-state index in [1.807, 2.05) is 14.0 Å². The second-order valence-corrected chi connectivity index (χ2v) is 5.16. The Hall–Kier alpha value is -1.12. The average Bonchev–Trinajstić information content (AvgIpc) is 2.39. The Morgan fingerprint density at radius 2 is 2.29 bits per heavy atom. The summed E-state index contributed by atoms with van der Waals surface area (Å²) in [5.74, 6) is 1.02. The Kier molecular flexibility index (Phi) is 5.95. The van der Waals surface area contributed by atoms with E-state index in [9.17, 15) is 0 Å². The SMILES string of the molecule is CNC(C)(C#N)CCCCSc1cnccn1. The van der Waals surface area contributed by atoms with E-state index < -0.39 is 5.54 Å². The number of hydrogen-bond donors (Lipinski definition) is 1. The van der Waals surface area contributed by atoms with Gasteiger partial charge in [-0.25, -0.2) is 4.98 Å². The highest BCUT2D eigenvalue weighted by Crippen LogP contribution is 2.18. The van der Waals surface area contributed by atoms with Crippen molar-refractivity contribution >= 4 is 11.8 Å². The van der Waals surface area contributed by atoms with Crippen molar-refractivity contribution in [1.29, 1.82) is 5.26 Å². The zero-order valence-electron chi connectivity index (χ0n) is 10.3. The quantitative estimate of drug-likeness (QED) is 0.594. The largest absolute Gasteiger partial charge is 0.303 e. The van der Waals surface area contributed by atoms with Crippen molar-refractivity contribution in [3.63, 3.8) is 0 Å². The highest BCUT2D eigenvalue weighted by molar-refractivity contribution is 7.99. The molecule has 1 atom stereocenters. The molecule has 1 aromatic heterocycles. The summed E-state index contributed by atoms with van der Waals surface area (Å²) in [6.45, 7) is 1.93. The van der Waals surface area contributed by atoms with Crippen LogP contribution in [0.3, 0.4) is 0 Å². The predicted octanol–water partition coefficient (Wildman–Crippen LogP) is 2.24. The molecule has 0 amide bonds. The number of nitrogens with zero attached hydrogens (tertiary/aromatic N) is 3. The topological polar surface area (TPSA) is 61.6 Å². The molecule has 1 rings (SSSR count). The fraction of sp³-hybridized carbons (Fsp3) is 0.583. The number of hydrogen-bond acceptors (Lipinski definition) is 5. The molecule has 0 aliphatic carbocycles. The van der Waals surface area contributed by atoms with Gasteiger partial charge in [0.25, 0.3) is 0 Å². The van der Waals surface area contributed by atoms with Crippen LogP contribution in [0.5, 0.6) is 0 Å². The Morgan fingerprint density at radius 1 is 1.47 bits per heavy atom. The third-order valence-corrected chi connectivity index (χ3v) is 3.66. The molecule has 1 heterocycles. The molecule has 0 fully saturated rings. The van der Waals surface area contributed by atoms with Crippen LogP contribution in [-0.4, -0.2) is 28.3 Å². The van der Waals surface area contributed by atoms with Gasteiger partial charge in [-0.3, -0.25) is 4.98 Å². The molecule has 0 aliphatic heterocycles. The van der Waals surface area contributed by atoms with Gasteiger partial charge in [0.15, 0.2) is 0 Å².